The molecule has 5 nitrogen and oxygen atoms in total. The van der Waals surface area contributed by atoms with E-state index in [1.165, 1.54) is 13.4 Å². The van der Waals surface area contributed by atoms with E-state index in [1.54, 1.807) is 6.07 Å². The van der Waals surface area contributed by atoms with E-state index in [-0.39, 0.29) is 0 Å². The van der Waals surface area contributed by atoms with E-state index >= 15 is 0 Å². The number of aromatic nitrogens is 2. The largest absolute Gasteiger partial charge is 0.464 e. The lowest BCUT2D eigenvalue weighted by molar-refractivity contribution is 0.0594. The molecule has 0 amide bonds. The van der Waals surface area contributed by atoms with Crippen molar-refractivity contribution in [3.8, 4) is 0 Å². The number of nitrogens with zero attached hydrogens (tertiary/aromatic N) is 3. The van der Waals surface area contributed by atoms with Gasteiger partial charge < -0.3 is 9.64 Å². The number of methoxy groups -OCH3 is 1. The van der Waals surface area contributed by atoms with Crippen LogP contribution in [0.15, 0.2) is 12.4 Å². The summed E-state index contributed by atoms with van der Waals surface area (Å²) in [6.45, 7) is 1.92. The van der Waals surface area contributed by atoms with Crippen molar-refractivity contribution in [3.63, 3.8) is 0 Å². The monoisotopic (exact) mass is 239 g/mol. The van der Waals surface area contributed by atoms with Crippen LogP contribution in [-0.2, 0) is 4.74 Å². The average molecular weight is 239 g/mol. The summed E-state index contributed by atoms with van der Waals surface area (Å²) >= 11 is 1.93. The van der Waals surface area contributed by atoms with Gasteiger partial charge in [-0.25, -0.2) is 14.8 Å². The Hall–Kier alpha value is -1.30. The van der Waals surface area contributed by atoms with Crippen LogP contribution in [0.2, 0.25) is 0 Å². The third-order valence-electron chi connectivity index (χ3n) is 2.38. The van der Waals surface area contributed by atoms with Crippen molar-refractivity contribution in [2.24, 2.45) is 0 Å². The first kappa shape index (κ1) is 11.2. The van der Waals surface area contributed by atoms with Gasteiger partial charge in [0.2, 0.25) is 0 Å². The van der Waals surface area contributed by atoms with E-state index in [2.05, 4.69) is 19.6 Å². The fourth-order valence-electron chi connectivity index (χ4n) is 1.53. The van der Waals surface area contributed by atoms with E-state index in [1.807, 2.05) is 11.8 Å². The lowest BCUT2D eigenvalue weighted by Crippen LogP contribution is -2.33. The minimum Gasteiger partial charge on any atom is -0.464 e. The van der Waals surface area contributed by atoms with Gasteiger partial charge in [0.1, 0.15) is 12.1 Å². The van der Waals surface area contributed by atoms with Gasteiger partial charge in [-0.15, -0.1) is 0 Å². The average Bonchev–Trinajstić information content (AvgIpc) is 2.39. The molecule has 1 aliphatic heterocycles. The minimum atomic E-state index is -0.421. The smallest absolute Gasteiger partial charge is 0.356 e. The molecular formula is C10H13N3O2S. The van der Waals surface area contributed by atoms with Crippen molar-refractivity contribution >= 4 is 23.5 Å². The zero-order chi connectivity index (χ0) is 11.4. The molecule has 6 heteroatoms. The third kappa shape index (κ3) is 2.44. The molecule has 0 saturated carbocycles. The number of carbonyl (C=O) groups is 1. The normalized spacial score (nSPS) is 15.9. The van der Waals surface area contributed by atoms with Gasteiger partial charge in [0, 0.05) is 30.7 Å². The summed E-state index contributed by atoms with van der Waals surface area (Å²) in [5, 5.41) is 0. The van der Waals surface area contributed by atoms with Gasteiger partial charge >= 0.3 is 5.97 Å². The van der Waals surface area contributed by atoms with Gasteiger partial charge in [0.05, 0.1) is 7.11 Å². The number of thioether (sulfide) groups is 1. The molecular weight excluding hydrogens is 226 g/mol. The molecule has 0 aliphatic carbocycles. The summed E-state index contributed by atoms with van der Waals surface area (Å²) in [6, 6.07) is 1.68. The van der Waals surface area contributed by atoms with Gasteiger partial charge in [-0.3, -0.25) is 0 Å². The Kier molecular flexibility index (Phi) is 3.61. The van der Waals surface area contributed by atoms with Crippen molar-refractivity contribution in [1.29, 1.82) is 0 Å². The summed E-state index contributed by atoms with van der Waals surface area (Å²) in [5.41, 5.74) is 0.311. The second-order valence-electron chi connectivity index (χ2n) is 3.35. The highest BCUT2D eigenvalue weighted by Gasteiger charge is 2.15. The van der Waals surface area contributed by atoms with Crippen LogP contribution in [0.25, 0.3) is 0 Å². The molecule has 0 atom stereocenters. The predicted octanol–water partition coefficient (Wildman–Crippen LogP) is 0.816. The summed E-state index contributed by atoms with van der Waals surface area (Å²) in [5.74, 6) is 2.57. The highest BCUT2D eigenvalue weighted by atomic mass is 32.2. The van der Waals surface area contributed by atoms with Gasteiger partial charge in [-0.1, -0.05) is 0 Å². The maximum absolute atomic E-state index is 11.3. The standard InChI is InChI=1S/C10H13N3O2S/c1-15-10(14)8-6-9(12-7-11-8)13-2-4-16-5-3-13/h6-7H,2-5H2,1H3. The Morgan fingerprint density at radius 1 is 1.44 bits per heavy atom. The van der Waals surface area contributed by atoms with Gasteiger partial charge in [0.15, 0.2) is 5.69 Å². The van der Waals surface area contributed by atoms with Crippen molar-refractivity contribution in [2.75, 3.05) is 36.6 Å². The van der Waals surface area contributed by atoms with Crippen LogP contribution in [-0.4, -0.2) is 47.6 Å². The first-order valence-corrected chi connectivity index (χ1v) is 6.20. The molecule has 1 aromatic rings. The molecule has 1 aromatic heterocycles. The first-order chi connectivity index (χ1) is 7.81. The van der Waals surface area contributed by atoms with Crippen LogP contribution in [0.1, 0.15) is 10.5 Å². The molecule has 0 spiro atoms. The molecule has 0 radical (unpaired) electrons. The SMILES string of the molecule is COC(=O)c1cc(N2CCSCC2)ncn1. The quantitative estimate of drug-likeness (QED) is 0.712. The topological polar surface area (TPSA) is 55.3 Å². The van der Waals surface area contributed by atoms with Gasteiger partial charge in [-0.05, 0) is 0 Å². The molecule has 1 aliphatic rings. The molecule has 0 N–H and O–H groups in total. The van der Waals surface area contributed by atoms with Crippen LogP contribution >= 0.6 is 11.8 Å². The number of esters is 1. The highest BCUT2D eigenvalue weighted by Crippen LogP contribution is 2.17. The second kappa shape index (κ2) is 5.16. The first-order valence-electron chi connectivity index (χ1n) is 5.04. The van der Waals surface area contributed by atoms with Crippen molar-refractivity contribution in [1.82, 2.24) is 9.97 Å². The van der Waals surface area contributed by atoms with Crippen LogP contribution < -0.4 is 4.90 Å². The summed E-state index contributed by atoms with van der Waals surface area (Å²) < 4.78 is 4.63. The molecule has 2 rings (SSSR count). The van der Waals surface area contributed by atoms with E-state index in [4.69, 9.17) is 0 Å². The van der Waals surface area contributed by atoms with Crippen molar-refractivity contribution < 1.29 is 9.53 Å². The lowest BCUT2D eigenvalue weighted by Gasteiger charge is -2.27. The Morgan fingerprint density at radius 2 is 2.19 bits per heavy atom. The molecule has 0 bridgehead atoms. The second-order valence-corrected chi connectivity index (χ2v) is 4.58. The predicted molar refractivity (Wildman–Crippen MR) is 62.9 cm³/mol. The zero-order valence-corrected chi connectivity index (χ0v) is 9.87. The van der Waals surface area contributed by atoms with Crippen molar-refractivity contribution in [3.05, 3.63) is 18.1 Å². The fourth-order valence-corrected chi connectivity index (χ4v) is 2.43. The van der Waals surface area contributed by atoms with Gasteiger partial charge in [0.25, 0.3) is 0 Å². The Balaban J connectivity index is 2.17. The van der Waals surface area contributed by atoms with Crippen LogP contribution in [0, 0.1) is 0 Å². The number of hydrogen-bond acceptors (Lipinski definition) is 6. The van der Waals surface area contributed by atoms with E-state index in [0.717, 1.165) is 30.4 Å². The van der Waals surface area contributed by atoms with E-state index in [9.17, 15) is 4.79 Å². The highest BCUT2D eigenvalue weighted by molar-refractivity contribution is 7.99. The van der Waals surface area contributed by atoms with E-state index in [0.29, 0.717) is 5.69 Å². The van der Waals surface area contributed by atoms with Crippen molar-refractivity contribution in [2.45, 2.75) is 0 Å². The lowest BCUT2D eigenvalue weighted by atomic mass is 10.3. The fraction of sp³-hybridized carbons (Fsp3) is 0.500. The number of ether oxygens (including phenoxy) is 1. The van der Waals surface area contributed by atoms with Crippen LogP contribution in [0.5, 0.6) is 0 Å². The maximum Gasteiger partial charge on any atom is 0.356 e. The Bertz CT molecular complexity index is 380. The molecule has 86 valence electrons. The minimum absolute atomic E-state index is 0.311. The summed E-state index contributed by atoms with van der Waals surface area (Å²) in [4.78, 5) is 21.5. The molecule has 0 aromatic carbocycles. The summed E-state index contributed by atoms with van der Waals surface area (Å²) in [6.07, 6.45) is 1.41. The molecule has 1 fully saturated rings. The molecule has 0 unspecified atom stereocenters. The van der Waals surface area contributed by atoms with Crippen LogP contribution in [0.4, 0.5) is 5.82 Å². The van der Waals surface area contributed by atoms with Crippen LogP contribution in [0.3, 0.4) is 0 Å². The Labute approximate surface area is 98.2 Å². The number of carbonyl (C=O) groups excluding carboxylic acids is 1. The molecule has 2 heterocycles. The van der Waals surface area contributed by atoms with Gasteiger partial charge in [-0.2, -0.15) is 11.8 Å². The molecule has 16 heavy (non-hydrogen) atoms. The number of rotatable bonds is 2. The molecule has 1 saturated heterocycles. The summed E-state index contributed by atoms with van der Waals surface area (Å²) in [7, 11) is 1.35. The number of anilines is 1. The third-order valence-corrected chi connectivity index (χ3v) is 3.32. The Morgan fingerprint density at radius 3 is 2.88 bits per heavy atom. The number of hydrogen-bond donors (Lipinski definition) is 0. The maximum atomic E-state index is 11.3. The van der Waals surface area contributed by atoms with E-state index < -0.39 is 5.97 Å². The zero-order valence-electron chi connectivity index (χ0n) is 9.05.